The van der Waals surface area contributed by atoms with Crippen molar-refractivity contribution in [1.82, 2.24) is 0 Å². The number of amides is 2. The van der Waals surface area contributed by atoms with Gasteiger partial charge in [0, 0.05) is 6.07 Å². The molecule has 4 rings (SSSR count). The maximum absolute atomic E-state index is 12.9. The number of imide groups is 1. The quantitative estimate of drug-likeness (QED) is 0.662. The fourth-order valence-corrected chi connectivity index (χ4v) is 4.04. The molecule has 2 amide bonds. The summed E-state index contributed by atoms with van der Waals surface area (Å²) in [6, 6.07) is 6.83. The van der Waals surface area contributed by atoms with Crippen molar-refractivity contribution in [2.75, 3.05) is 18.6 Å². The highest BCUT2D eigenvalue weighted by Gasteiger charge is 2.72. The number of hydrogen-bond acceptors (Lipinski definition) is 5. The first kappa shape index (κ1) is 14.4. The van der Waals surface area contributed by atoms with Gasteiger partial charge in [0.25, 0.3) is 0 Å². The Bertz CT molecular complexity index is 744. The van der Waals surface area contributed by atoms with Gasteiger partial charge in [0.2, 0.25) is 11.8 Å². The molecule has 120 valence electrons. The van der Waals surface area contributed by atoms with Gasteiger partial charge in [-0.1, -0.05) is 18.2 Å². The van der Waals surface area contributed by atoms with Crippen LogP contribution in [0.5, 0.6) is 5.75 Å². The van der Waals surface area contributed by atoms with Crippen LogP contribution < -0.4 is 9.64 Å². The van der Waals surface area contributed by atoms with Crippen molar-refractivity contribution in [2.24, 2.45) is 11.8 Å². The van der Waals surface area contributed by atoms with E-state index in [1.807, 2.05) is 0 Å². The van der Waals surface area contributed by atoms with Gasteiger partial charge < -0.3 is 14.6 Å². The standard InChI is InChI=1S/C17H17NO5/c1-16-6-7-17(9-19,23-16)13-12(16)14(20)18(15(13)21)10-4-3-5-11(8-10)22-2/h3-8,12-13,19H,9H2,1-2H3/t12-,13-,16-,17+/m1/s1. The lowest BCUT2D eigenvalue weighted by molar-refractivity contribution is -0.131. The summed E-state index contributed by atoms with van der Waals surface area (Å²) in [4.78, 5) is 27.0. The molecule has 0 aromatic heterocycles. The van der Waals surface area contributed by atoms with Gasteiger partial charge >= 0.3 is 0 Å². The largest absolute Gasteiger partial charge is 0.497 e. The number of carbonyl (C=O) groups is 2. The minimum absolute atomic E-state index is 0.296. The lowest BCUT2D eigenvalue weighted by Crippen LogP contribution is -2.43. The number of hydrogen-bond donors (Lipinski definition) is 1. The second kappa shape index (κ2) is 4.43. The Morgan fingerprint density at radius 1 is 1.26 bits per heavy atom. The molecule has 0 saturated carbocycles. The summed E-state index contributed by atoms with van der Waals surface area (Å²) >= 11 is 0. The lowest BCUT2D eigenvalue weighted by atomic mass is 9.73. The molecule has 1 aromatic carbocycles. The summed E-state index contributed by atoms with van der Waals surface area (Å²) in [5, 5.41) is 9.77. The zero-order valence-electron chi connectivity index (χ0n) is 12.9. The number of nitrogens with zero attached hydrogens (tertiary/aromatic N) is 1. The molecule has 2 bridgehead atoms. The Morgan fingerprint density at radius 2 is 2.00 bits per heavy atom. The van der Waals surface area contributed by atoms with Crippen LogP contribution >= 0.6 is 0 Å². The van der Waals surface area contributed by atoms with Crippen LogP contribution in [-0.2, 0) is 14.3 Å². The van der Waals surface area contributed by atoms with Gasteiger partial charge in [-0.15, -0.1) is 0 Å². The Morgan fingerprint density at radius 3 is 2.70 bits per heavy atom. The molecule has 3 heterocycles. The van der Waals surface area contributed by atoms with Crippen molar-refractivity contribution in [2.45, 2.75) is 18.1 Å². The van der Waals surface area contributed by atoms with Crippen molar-refractivity contribution in [1.29, 1.82) is 0 Å². The first-order valence-electron chi connectivity index (χ1n) is 7.49. The van der Waals surface area contributed by atoms with Crippen LogP contribution in [0.4, 0.5) is 5.69 Å². The van der Waals surface area contributed by atoms with E-state index in [0.29, 0.717) is 11.4 Å². The molecule has 2 fully saturated rings. The molecular weight excluding hydrogens is 298 g/mol. The van der Waals surface area contributed by atoms with Crippen LogP contribution in [0.25, 0.3) is 0 Å². The van der Waals surface area contributed by atoms with E-state index in [1.54, 1.807) is 43.3 Å². The van der Waals surface area contributed by atoms with Crippen molar-refractivity contribution in [3.63, 3.8) is 0 Å². The van der Waals surface area contributed by atoms with Crippen LogP contribution in [-0.4, -0.2) is 41.8 Å². The number of anilines is 1. The van der Waals surface area contributed by atoms with Gasteiger partial charge in [-0.3, -0.25) is 9.59 Å². The SMILES string of the molecule is COc1cccc(N2C(=O)[C@H]3[C@H](C2=O)[C@@]2(CO)C=C[C@@]3(C)O2)c1. The monoisotopic (exact) mass is 315 g/mol. The minimum Gasteiger partial charge on any atom is -0.497 e. The molecule has 0 spiro atoms. The van der Waals surface area contributed by atoms with Gasteiger partial charge in [-0.2, -0.15) is 0 Å². The van der Waals surface area contributed by atoms with Gasteiger partial charge in [-0.05, 0) is 19.1 Å². The topological polar surface area (TPSA) is 76.1 Å². The van der Waals surface area contributed by atoms with Gasteiger partial charge in [0.1, 0.15) is 11.4 Å². The van der Waals surface area contributed by atoms with Gasteiger partial charge in [0.15, 0.2) is 0 Å². The Labute approximate surface area is 133 Å². The summed E-state index contributed by atoms with van der Waals surface area (Å²) in [7, 11) is 1.53. The van der Waals surface area contributed by atoms with E-state index in [-0.39, 0.29) is 18.4 Å². The third-order valence-electron chi connectivity index (χ3n) is 5.12. The Kier molecular flexibility index (Phi) is 2.77. The highest BCUT2D eigenvalue weighted by molar-refractivity contribution is 6.23. The number of aliphatic hydroxyl groups excluding tert-OH is 1. The summed E-state index contributed by atoms with van der Waals surface area (Å²) < 4.78 is 11.0. The normalized spacial score (nSPS) is 37.6. The number of fused-ring (bicyclic) bond motifs is 5. The fraction of sp³-hybridized carbons (Fsp3) is 0.412. The Hall–Kier alpha value is -2.18. The van der Waals surface area contributed by atoms with Crippen LogP contribution in [0.3, 0.4) is 0 Å². The fourth-order valence-electron chi connectivity index (χ4n) is 4.04. The zero-order chi connectivity index (χ0) is 16.4. The number of methoxy groups -OCH3 is 1. The first-order chi connectivity index (χ1) is 11.0. The molecule has 0 aliphatic carbocycles. The van der Waals surface area contributed by atoms with Gasteiger partial charge in [-0.25, -0.2) is 4.90 Å². The molecule has 3 aliphatic rings. The van der Waals surface area contributed by atoms with E-state index in [2.05, 4.69) is 0 Å². The predicted octanol–water partition coefficient (Wildman–Crippen LogP) is 0.891. The molecule has 6 nitrogen and oxygen atoms in total. The molecule has 0 unspecified atom stereocenters. The highest BCUT2D eigenvalue weighted by Crippen LogP contribution is 2.57. The summed E-state index contributed by atoms with van der Waals surface area (Å²) in [6.07, 6.45) is 3.50. The van der Waals surface area contributed by atoms with Crippen molar-refractivity contribution in [3.05, 3.63) is 36.4 Å². The van der Waals surface area contributed by atoms with Gasteiger partial charge in [0.05, 0.1) is 36.8 Å². The number of aliphatic hydroxyl groups is 1. The van der Waals surface area contributed by atoms with E-state index in [1.165, 1.54) is 12.0 Å². The second-order valence-electron chi connectivity index (χ2n) is 6.40. The smallest absolute Gasteiger partial charge is 0.241 e. The molecule has 0 radical (unpaired) electrons. The molecule has 3 aliphatic heterocycles. The van der Waals surface area contributed by atoms with Crippen molar-refractivity contribution < 1.29 is 24.2 Å². The van der Waals surface area contributed by atoms with Crippen molar-refractivity contribution in [3.8, 4) is 5.75 Å². The zero-order valence-corrected chi connectivity index (χ0v) is 12.9. The summed E-state index contributed by atoms with van der Waals surface area (Å²) in [5.74, 6) is -1.37. The molecule has 23 heavy (non-hydrogen) atoms. The number of carbonyl (C=O) groups excluding carboxylic acids is 2. The lowest BCUT2D eigenvalue weighted by Gasteiger charge is -2.27. The third kappa shape index (κ3) is 1.65. The number of benzene rings is 1. The number of ether oxygens (including phenoxy) is 2. The van der Waals surface area contributed by atoms with E-state index in [0.717, 1.165) is 0 Å². The average molecular weight is 315 g/mol. The second-order valence-corrected chi connectivity index (χ2v) is 6.40. The molecule has 6 heteroatoms. The van der Waals surface area contributed by atoms with Crippen LogP contribution in [0.1, 0.15) is 6.92 Å². The molecule has 1 aromatic rings. The van der Waals surface area contributed by atoms with Crippen LogP contribution in [0.2, 0.25) is 0 Å². The minimum atomic E-state index is -1.10. The number of rotatable bonds is 3. The molecular formula is C17H17NO5. The summed E-state index contributed by atoms with van der Waals surface area (Å²) in [5.41, 5.74) is -1.47. The summed E-state index contributed by atoms with van der Waals surface area (Å²) in [6.45, 7) is 1.46. The van der Waals surface area contributed by atoms with E-state index in [4.69, 9.17) is 9.47 Å². The van der Waals surface area contributed by atoms with E-state index >= 15 is 0 Å². The van der Waals surface area contributed by atoms with Crippen LogP contribution in [0, 0.1) is 11.8 Å². The predicted molar refractivity (Wildman–Crippen MR) is 80.9 cm³/mol. The maximum atomic E-state index is 12.9. The molecule has 1 N–H and O–H groups in total. The van der Waals surface area contributed by atoms with E-state index < -0.39 is 23.0 Å². The Balaban J connectivity index is 1.80. The first-order valence-corrected chi connectivity index (χ1v) is 7.49. The molecule has 4 atom stereocenters. The molecule has 2 saturated heterocycles. The highest BCUT2D eigenvalue weighted by atomic mass is 16.5. The maximum Gasteiger partial charge on any atom is 0.241 e. The van der Waals surface area contributed by atoms with E-state index in [9.17, 15) is 14.7 Å². The van der Waals surface area contributed by atoms with Crippen LogP contribution in [0.15, 0.2) is 36.4 Å². The van der Waals surface area contributed by atoms with Crippen molar-refractivity contribution >= 4 is 17.5 Å². The average Bonchev–Trinajstić information content (AvgIpc) is 3.13. The third-order valence-corrected chi connectivity index (χ3v) is 5.12.